The van der Waals surface area contributed by atoms with Gasteiger partial charge in [-0.2, -0.15) is 0 Å². The molecule has 0 spiro atoms. The number of hydrogen-bond donors (Lipinski definition) is 1. The second-order valence-electron chi connectivity index (χ2n) is 2.39. The number of phenols is 1. The molecule has 2 aromatic rings. The lowest BCUT2D eigenvalue weighted by Crippen LogP contribution is -1.93. The predicted molar refractivity (Wildman–Crippen MR) is 43.0 cm³/mol. The van der Waals surface area contributed by atoms with E-state index in [9.17, 15) is 4.79 Å². The van der Waals surface area contributed by atoms with Crippen molar-refractivity contribution in [3.05, 3.63) is 40.8 Å². The largest absolute Gasteiger partial charge is 0.507 e. The molecule has 0 aliphatic carbocycles. The van der Waals surface area contributed by atoms with Crippen LogP contribution in [0.4, 0.5) is 0 Å². The van der Waals surface area contributed by atoms with Gasteiger partial charge >= 0.3 is 5.63 Å². The van der Waals surface area contributed by atoms with Gasteiger partial charge in [0, 0.05) is 23.6 Å². The molecule has 0 aliphatic heterocycles. The molecule has 0 saturated heterocycles. The van der Waals surface area contributed by atoms with Gasteiger partial charge in [0.1, 0.15) is 11.3 Å². The number of rotatable bonds is 0. The minimum Gasteiger partial charge on any atom is -0.507 e. The third kappa shape index (κ3) is 1.05. The van der Waals surface area contributed by atoms with Crippen molar-refractivity contribution >= 4 is 11.0 Å². The van der Waals surface area contributed by atoms with E-state index >= 15 is 0 Å². The maximum atomic E-state index is 10.7. The van der Waals surface area contributed by atoms with E-state index in [1.54, 1.807) is 12.1 Å². The highest BCUT2D eigenvalue weighted by atomic mass is 16.4. The molecule has 1 aromatic carbocycles. The molecule has 0 aliphatic rings. The van der Waals surface area contributed by atoms with Crippen LogP contribution in [0, 0.1) is 6.07 Å². The second-order valence-corrected chi connectivity index (χ2v) is 2.39. The maximum absolute atomic E-state index is 10.7. The molecule has 1 heterocycles. The van der Waals surface area contributed by atoms with Crippen molar-refractivity contribution in [2.75, 3.05) is 0 Å². The fourth-order valence-corrected chi connectivity index (χ4v) is 0.991. The van der Waals surface area contributed by atoms with Gasteiger partial charge in [-0.3, -0.25) is 0 Å². The molecule has 3 heteroatoms. The normalized spacial score (nSPS) is 10.3. The topological polar surface area (TPSA) is 50.4 Å². The monoisotopic (exact) mass is 161 g/mol. The molecule has 0 amide bonds. The maximum Gasteiger partial charge on any atom is 0.336 e. The number of benzene rings is 1. The van der Waals surface area contributed by atoms with Gasteiger partial charge in [-0.1, -0.05) is 0 Å². The summed E-state index contributed by atoms with van der Waals surface area (Å²) in [5.74, 6) is -0.0307. The van der Waals surface area contributed by atoms with Gasteiger partial charge in [-0.15, -0.1) is 0 Å². The van der Waals surface area contributed by atoms with E-state index in [1.165, 1.54) is 12.1 Å². The van der Waals surface area contributed by atoms with Crippen LogP contribution in [-0.4, -0.2) is 5.11 Å². The summed E-state index contributed by atoms with van der Waals surface area (Å²) in [5.41, 5.74) is -0.0492. The van der Waals surface area contributed by atoms with Gasteiger partial charge < -0.3 is 9.52 Å². The van der Waals surface area contributed by atoms with Crippen molar-refractivity contribution in [3.63, 3.8) is 0 Å². The van der Waals surface area contributed by atoms with E-state index in [4.69, 9.17) is 9.52 Å². The van der Waals surface area contributed by atoms with Crippen LogP contribution in [0.15, 0.2) is 33.5 Å². The van der Waals surface area contributed by atoms with Gasteiger partial charge in [-0.25, -0.2) is 4.79 Å². The van der Waals surface area contributed by atoms with Crippen molar-refractivity contribution in [2.45, 2.75) is 0 Å². The Morgan fingerprint density at radius 3 is 3.08 bits per heavy atom. The molecule has 3 nitrogen and oxygen atoms in total. The summed E-state index contributed by atoms with van der Waals surface area (Å²) in [4.78, 5) is 10.7. The molecular weight excluding hydrogens is 156 g/mol. The van der Waals surface area contributed by atoms with Crippen LogP contribution in [0.3, 0.4) is 0 Å². The van der Waals surface area contributed by atoms with E-state index in [-0.39, 0.29) is 5.75 Å². The molecule has 1 aromatic heterocycles. The summed E-state index contributed by atoms with van der Waals surface area (Å²) in [6.07, 6.45) is 0. The third-order valence-corrected chi connectivity index (χ3v) is 1.54. The number of fused-ring (bicyclic) bond motifs is 1. The van der Waals surface area contributed by atoms with Crippen molar-refractivity contribution in [1.29, 1.82) is 0 Å². The fraction of sp³-hybridized carbons (Fsp3) is 0. The van der Waals surface area contributed by atoms with Gasteiger partial charge in [0.25, 0.3) is 0 Å². The minimum atomic E-state index is -0.423. The van der Waals surface area contributed by atoms with Crippen LogP contribution in [0.5, 0.6) is 5.75 Å². The summed E-state index contributed by atoms with van der Waals surface area (Å²) in [5, 5.41) is 9.75. The first kappa shape index (κ1) is 6.91. The molecular formula is C9H5O3. The minimum absolute atomic E-state index is 0.0307. The Morgan fingerprint density at radius 1 is 1.42 bits per heavy atom. The molecule has 0 fully saturated rings. The highest BCUT2D eigenvalue weighted by Crippen LogP contribution is 2.16. The van der Waals surface area contributed by atoms with Crippen LogP contribution in [0.25, 0.3) is 11.0 Å². The summed E-state index contributed by atoms with van der Waals surface area (Å²) in [7, 11) is 0. The predicted octanol–water partition coefficient (Wildman–Crippen LogP) is 1.30. The van der Waals surface area contributed by atoms with Crippen LogP contribution in [-0.2, 0) is 0 Å². The fourth-order valence-electron chi connectivity index (χ4n) is 0.991. The first-order valence-electron chi connectivity index (χ1n) is 3.40. The SMILES string of the molecule is O=c1ccc2c[c]c(O)cc2o1. The number of hydrogen-bond acceptors (Lipinski definition) is 3. The average Bonchev–Trinajstić information content (AvgIpc) is 2.03. The third-order valence-electron chi connectivity index (χ3n) is 1.54. The zero-order valence-electron chi connectivity index (χ0n) is 6.07. The molecule has 1 radical (unpaired) electrons. The van der Waals surface area contributed by atoms with Gasteiger partial charge in [0.15, 0.2) is 0 Å². The molecule has 2 rings (SSSR count). The summed E-state index contributed by atoms with van der Waals surface area (Å²) >= 11 is 0. The van der Waals surface area contributed by atoms with Crippen LogP contribution in [0.2, 0.25) is 0 Å². The Kier molecular flexibility index (Phi) is 1.37. The number of aromatic hydroxyl groups is 1. The van der Waals surface area contributed by atoms with Crippen LogP contribution in [0.1, 0.15) is 0 Å². The average molecular weight is 161 g/mol. The first-order chi connectivity index (χ1) is 5.75. The quantitative estimate of drug-likeness (QED) is 0.592. The Hall–Kier alpha value is -1.77. The molecule has 0 bridgehead atoms. The lowest BCUT2D eigenvalue weighted by Gasteiger charge is -1.94. The zero-order valence-corrected chi connectivity index (χ0v) is 6.07. The summed E-state index contributed by atoms with van der Waals surface area (Å²) in [6.45, 7) is 0. The van der Waals surface area contributed by atoms with Gasteiger partial charge in [-0.05, 0) is 12.1 Å². The number of phenolic OH excluding ortho intramolecular Hbond substituents is 1. The Labute approximate surface area is 67.9 Å². The standard InChI is InChI=1S/C9H5O3/c10-7-3-1-6-2-4-9(11)12-8(6)5-7/h1-2,4-5,10H. The van der Waals surface area contributed by atoms with Crippen LogP contribution < -0.4 is 5.63 Å². The molecule has 59 valence electrons. The van der Waals surface area contributed by atoms with Crippen molar-refractivity contribution < 1.29 is 9.52 Å². The second kappa shape index (κ2) is 2.37. The smallest absolute Gasteiger partial charge is 0.336 e. The Morgan fingerprint density at radius 2 is 2.25 bits per heavy atom. The van der Waals surface area contributed by atoms with E-state index in [2.05, 4.69) is 6.07 Å². The van der Waals surface area contributed by atoms with E-state index in [1.807, 2.05) is 0 Å². The Bertz CT molecular complexity index is 470. The Balaban J connectivity index is 2.89. The first-order valence-corrected chi connectivity index (χ1v) is 3.40. The van der Waals surface area contributed by atoms with E-state index in [0.717, 1.165) is 5.39 Å². The molecule has 0 saturated carbocycles. The lowest BCUT2D eigenvalue weighted by molar-refractivity contribution is 0.472. The molecule has 0 unspecified atom stereocenters. The van der Waals surface area contributed by atoms with Crippen LogP contribution >= 0.6 is 0 Å². The molecule has 1 N–H and O–H groups in total. The summed E-state index contributed by atoms with van der Waals surface area (Å²) in [6, 6.07) is 8.46. The zero-order chi connectivity index (χ0) is 8.55. The van der Waals surface area contributed by atoms with Crippen molar-refractivity contribution in [1.82, 2.24) is 0 Å². The molecule has 12 heavy (non-hydrogen) atoms. The highest BCUT2D eigenvalue weighted by Gasteiger charge is 1.97. The molecule has 0 atom stereocenters. The highest BCUT2D eigenvalue weighted by molar-refractivity contribution is 5.77. The van der Waals surface area contributed by atoms with Gasteiger partial charge in [0.2, 0.25) is 0 Å². The van der Waals surface area contributed by atoms with E-state index in [0.29, 0.717) is 5.58 Å². The summed E-state index contributed by atoms with van der Waals surface area (Å²) < 4.78 is 4.81. The van der Waals surface area contributed by atoms with Gasteiger partial charge in [0.05, 0.1) is 0 Å². The van der Waals surface area contributed by atoms with E-state index < -0.39 is 5.63 Å². The lowest BCUT2D eigenvalue weighted by atomic mass is 10.2. The van der Waals surface area contributed by atoms with Crippen molar-refractivity contribution in [2.24, 2.45) is 0 Å². The van der Waals surface area contributed by atoms with Crippen molar-refractivity contribution in [3.8, 4) is 5.75 Å².